The smallest absolute Gasteiger partial charge is 0.378 e. The van der Waals surface area contributed by atoms with Gasteiger partial charge in [-0.15, -0.1) is 11.3 Å². The van der Waals surface area contributed by atoms with Gasteiger partial charge in [0.25, 0.3) is 0 Å². The Morgan fingerprint density at radius 2 is 2.05 bits per heavy atom. The van der Waals surface area contributed by atoms with E-state index in [9.17, 15) is 13.2 Å². The number of nitrogens with one attached hydrogen (secondary N) is 1. The fraction of sp³-hybridized carbons (Fsp3) is 0.769. The Balaban J connectivity index is 2.93. The van der Waals surface area contributed by atoms with Crippen molar-refractivity contribution in [1.29, 1.82) is 0 Å². The summed E-state index contributed by atoms with van der Waals surface area (Å²) < 4.78 is 42.8. The molecule has 1 rings (SSSR count). The third-order valence-corrected chi connectivity index (χ3v) is 3.90. The van der Waals surface area contributed by atoms with E-state index in [1.807, 2.05) is 13.8 Å². The van der Waals surface area contributed by atoms with Crippen LogP contribution in [-0.2, 0) is 17.9 Å². The maximum atomic E-state index is 12.6. The fourth-order valence-electron chi connectivity index (χ4n) is 1.72. The number of ether oxygens (including phenoxy) is 1. The Kier molecular flexibility index (Phi) is 6.89. The SMILES string of the molecule is CCN(CC(F)(F)F)c1nc(COC)c(CNC(C)C)s1. The molecule has 122 valence electrons. The molecule has 0 bridgehead atoms. The van der Waals surface area contributed by atoms with Crippen LogP contribution in [0.5, 0.6) is 0 Å². The van der Waals surface area contributed by atoms with Crippen LogP contribution in [0.2, 0.25) is 0 Å². The molecule has 0 spiro atoms. The number of alkyl halides is 3. The number of rotatable bonds is 8. The zero-order valence-electron chi connectivity index (χ0n) is 12.8. The summed E-state index contributed by atoms with van der Waals surface area (Å²) >= 11 is 1.29. The van der Waals surface area contributed by atoms with Gasteiger partial charge in [-0.05, 0) is 6.92 Å². The lowest BCUT2D eigenvalue weighted by Gasteiger charge is -2.21. The highest BCUT2D eigenvalue weighted by molar-refractivity contribution is 7.15. The number of hydrogen-bond acceptors (Lipinski definition) is 5. The first-order valence-electron chi connectivity index (χ1n) is 6.79. The third kappa shape index (κ3) is 6.19. The first-order chi connectivity index (χ1) is 9.76. The van der Waals surface area contributed by atoms with Gasteiger partial charge in [-0.3, -0.25) is 0 Å². The van der Waals surface area contributed by atoms with Crippen LogP contribution >= 0.6 is 11.3 Å². The second-order valence-corrected chi connectivity index (χ2v) is 6.03. The minimum Gasteiger partial charge on any atom is -0.378 e. The van der Waals surface area contributed by atoms with Gasteiger partial charge >= 0.3 is 6.18 Å². The van der Waals surface area contributed by atoms with Gasteiger partial charge < -0.3 is 15.0 Å². The molecule has 0 aromatic carbocycles. The van der Waals surface area contributed by atoms with Crippen LogP contribution in [0.4, 0.5) is 18.3 Å². The van der Waals surface area contributed by atoms with Gasteiger partial charge in [0.2, 0.25) is 0 Å². The molecular formula is C13H22F3N3OS. The molecular weight excluding hydrogens is 303 g/mol. The summed E-state index contributed by atoms with van der Waals surface area (Å²) in [5.41, 5.74) is 0.700. The van der Waals surface area contributed by atoms with Crippen molar-refractivity contribution in [3.8, 4) is 0 Å². The summed E-state index contributed by atoms with van der Waals surface area (Å²) in [5.74, 6) is 0. The van der Waals surface area contributed by atoms with Gasteiger partial charge in [-0.1, -0.05) is 13.8 Å². The first kappa shape index (κ1) is 18.2. The summed E-state index contributed by atoms with van der Waals surface area (Å²) in [6.07, 6.45) is -4.24. The Hall–Kier alpha value is -0.860. The molecule has 1 heterocycles. The molecule has 0 aliphatic heterocycles. The predicted molar refractivity (Wildman–Crippen MR) is 78.7 cm³/mol. The average molecular weight is 325 g/mol. The largest absolute Gasteiger partial charge is 0.406 e. The van der Waals surface area contributed by atoms with E-state index in [1.54, 1.807) is 14.0 Å². The van der Waals surface area contributed by atoms with E-state index in [1.165, 1.54) is 16.2 Å². The molecule has 0 aliphatic rings. The van der Waals surface area contributed by atoms with Gasteiger partial charge in [-0.25, -0.2) is 4.98 Å². The van der Waals surface area contributed by atoms with Crippen LogP contribution in [0.1, 0.15) is 31.3 Å². The molecule has 0 saturated heterocycles. The normalized spacial score (nSPS) is 12.2. The van der Waals surface area contributed by atoms with E-state index in [0.717, 1.165) is 4.88 Å². The summed E-state index contributed by atoms with van der Waals surface area (Å²) in [6.45, 7) is 5.87. The van der Waals surface area contributed by atoms with Crippen molar-refractivity contribution in [2.24, 2.45) is 0 Å². The standard InChI is InChI=1S/C13H22F3N3OS/c1-5-19(8-13(14,15)16)12-18-10(7-20-4)11(21-12)6-17-9(2)3/h9,17H,5-8H2,1-4H3. The van der Waals surface area contributed by atoms with Crippen LogP contribution < -0.4 is 10.2 Å². The molecule has 1 N–H and O–H groups in total. The molecule has 8 heteroatoms. The first-order valence-corrected chi connectivity index (χ1v) is 7.61. The quantitative estimate of drug-likeness (QED) is 0.796. The van der Waals surface area contributed by atoms with Crippen molar-refractivity contribution in [1.82, 2.24) is 10.3 Å². The van der Waals surface area contributed by atoms with Crippen molar-refractivity contribution in [2.75, 3.05) is 25.1 Å². The average Bonchev–Trinajstić information content (AvgIpc) is 2.76. The fourth-order valence-corrected chi connectivity index (χ4v) is 2.80. The van der Waals surface area contributed by atoms with E-state index in [0.29, 0.717) is 30.0 Å². The van der Waals surface area contributed by atoms with Crippen LogP contribution in [0, 0.1) is 0 Å². The molecule has 1 aromatic rings. The van der Waals surface area contributed by atoms with Crippen LogP contribution in [0.3, 0.4) is 0 Å². The number of thiazole rings is 1. The maximum absolute atomic E-state index is 12.6. The van der Waals surface area contributed by atoms with E-state index in [4.69, 9.17) is 4.74 Å². The van der Waals surface area contributed by atoms with Crippen LogP contribution in [0.25, 0.3) is 0 Å². The lowest BCUT2D eigenvalue weighted by molar-refractivity contribution is -0.119. The maximum Gasteiger partial charge on any atom is 0.406 e. The number of aromatic nitrogens is 1. The zero-order chi connectivity index (χ0) is 16.0. The molecule has 0 saturated carbocycles. The van der Waals surface area contributed by atoms with Gasteiger partial charge in [0.15, 0.2) is 5.13 Å². The third-order valence-electron chi connectivity index (χ3n) is 2.74. The molecule has 21 heavy (non-hydrogen) atoms. The van der Waals surface area contributed by atoms with Gasteiger partial charge in [-0.2, -0.15) is 13.2 Å². The Morgan fingerprint density at radius 3 is 2.52 bits per heavy atom. The molecule has 0 aliphatic carbocycles. The van der Waals surface area contributed by atoms with Crippen LogP contribution in [0.15, 0.2) is 0 Å². The van der Waals surface area contributed by atoms with Crippen LogP contribution in [-0.4, -0.2) is 37.4 Å². The molecule has 0 fully saturated rings. The number of methoxy groups -OCH3 is 1. The highest BCUT2D eigenvalue weighted by atomic mass is 32.1. The highest BCUT2D eigenvalue weighted by Crippen LogP contribution is 2.29. The molecule has 0 atom stereocenters. The van der Waals surface area contributed by atoms with E-state index < -0.39 is 12.7 Å². The Morgan fingerprint density at radius 1 is 1.38 bits per heavy atom. The monoisotopic (exact) mass is 325 g/mol. The summed E-state index contributed by atoms with van der Waals surface area (Å²) in [6, 6.07) is 0.295. The number of halogens is 3. The second-order valence-electron chi connectivity index (χ2n) is 4.96. The minimum absolute atomic E-state index is 0.260. The van der Waals surface area contributed by atoms with Gasteiger partial charge in [0.05, 0.1) is 12.3 Å². The molecule has 0 amide bonds. The molecule has 4 nitrogen and oxygen atoms in total. The summed E-state index contributed by atoms with van der Waals surface area (Å²) in [4.78, 5) is 6.47. The van der Waals surface area contributed by atoms with E-state index >= 15 is 0 Å². The van der Waals surface area contributed by atoms with E-state index in [-0.39, 0.29) is 6.54 Å². The topological polar surface area (TPSA) is 37.4 Å². The van der Waals surface area contributed by atoms with Gasteiger partial charge in [0.1, 0.15) is 6.54 Å². The Bertz CT molecular complexity index is 435. The van der Waals surface area contributed by atoms with Crippen molar-refractivity contribution in [2.45, 2.75) is 46.1 Å². The van der Waals surface area contributed by atoms with Gasteiger partial charge in [0, 0.05) is 31.1 Å². The lowest BCUT2D eigenvalue weighted by atomic mass is 10.3. The lowest BCUT2D eigenvalue weighted by Crippen LogP contribution is -2.34. The Labute approximate surface area is 127 Å². The number of nitrogens with zero attached hydrogens (tertiary/aromatic N) is 2. The van der Waals surface area contributed by atoms with Crippen molar-refractivity contribution in [3.05, 3.63) is 10.6 Å². The van der Waals surface area contributed by atoms with Crippen molar-refractivity contribution in [3.63, 3.8) is 0 Å². The second kappa shape index (κ2) is 7.95. The zero-order valence-corrected chi connectivity index (χ0v) is 13.6. The number of anilines is 1. The van der Waals surface area contributed by atoms with Crippen molar-refractivity contribution >= 4 is 16.5 Å². The summed E-state index contributed by atoms with van der Waals surface area (Å²) in [7, 11) is 1.55. The van der Waals surface area contributed by atoms with Crippen molar-refractivity contribution < 1.29 is 17.9 Å². The molecule has 0 radical (unpaired) electrons. The minimum atomic E-state index is -4.24. The van der Waals surface area contributed by atoms with E-state index in [2.05, 4.69) is 10.3 Å². The number of hydrogen-bond donors (Lipinski definition) is 1. The molecule has 1 aromatic heterocycles. The highest BCUT2D eigenvalue weighted by Gasteiger charge is 2.31. The molecule has 0 unspecified atom stereocenters. The summed E-state index contributed by atoms with van der Waals surface area (Å²) in [5, 5.41) is 3.64. The predicted octanol–water partition coefficient (Wildman–Crippen LogP) is 3.18.